The first-order valence-electron chi connectivity index (χ1n) is 10.1. The fourth-order valence-corrected chi connectivity index (χ4v) is 4.11. The molecule has 2 heterocycles. The third kappa shape index (κ3) is 6.87. The standard InChI is InChI=1S/C24H24N4O4S/c1-17-9-11-32-22(17)24(30)27-21-6-3-5-18(14-21)7-8-19-13-20(16-26-15-19)23(29)28-33(2,31)12-4-10-25/h3,5-6,9,11,13-16H,4,10,12,25H2,1-2H3,(H,27,30)/t33-/m1/s1. The maximum absolute atomic E-state index is 12.4. The first kappa shape index (κ1) is 23.9. The monoisotopic (exact) mass is 464 g/mol. The normalized spacial score (nSPS) is 12.2. The fourth-order valence-electron chi connectivity index (χ4n) is 2.86. The van der Waals surface area contributed by atoms with Crippen LogP contribution in [0.5, 0.6) is 0 Å². The summed E-state index contributed by atoms with van der Waals surface area (Å²) >= 11 is 0. The Balaban J connectivity index is 1.76. The molecule has 9 heteroatoms. The molecule has 170 valence electrons. The van der Waals surface area contributed by atoms with Gasteiger partial charge >= 0.3 is 0 Å². The lowest BCUT2D eigenvalue weighted by atomic mass is 10.1. The highest BCUT2D eigenvalue weighted by molar-refractivity contribution is 7.93. The van der Waals surface area contributed by atoms with Gasteiger partial charge in [0, 0.05) is 46.8 Å². The van der Waals surface area contributed by atoms with Crippen molar-refractivity contribution in [3.8, 4) is 11.8 Å². The number of hydrogen-bond donors (Lipinski definition) is 2. The number of amides is 2. The molecule has 0 fully saturated rings. The van der Waals surface area contributed by atoms with Crippen molar-refractivity contribution in [1.29, 1.82) is 0 Å². The molecule has 0 aliphatic carbocycles. The summed E-state index contributed by atoms with van der Waals surface area (Å²) in [7, 11) is -2.65. The van der Waals surface area contributed by atoms with Gasteiger partial charge in [-0.1, -0.05) is 17.9 Å². The number of carbonyl (C=O) groups excluding carboxylic acids is 2. The van der Waals surface area contributed by atoms with Gasteiger partial charge in [-0.05, 0) is 50.2 Å². The van der Waals surface area contributed by atoms with E-state index in [-0.39, 0.29) is 23.0 Å². The maximum atomic E-state index is 12.4. The summed E-state index contributed by atoms with van der Waals surface area (Å²) in [4.78, 5) is 28.8. The van der Waals surface area contributed by atoms with E-state index in [1.165, 1.54) is 24.9 Å². The summed E-state index contributed by atoms with van der Waals surface area (Å²) in [5.41, 5.74) is 8.12. The molecule has 0 unspecified atom stereocenters. The fraction of sp³-hybridized carbons (Fsp3) is 0.208. The molecular weight excluding hydrogens is 440 g/mol. The van der Waals surface area contributed by atoms with E-state index in [1.807, 2.05) is 0 Å². The van der Waals surface area contributed by atoms with Crippen LogP contribution in [0.3, 0.4) is 0 Å². The number of pyridine rings is 1. The lowest BCUT2D eigenvalue weighted by Gasteiger charge is -2.04. The third-order valence-electron chi connectivity index (χ3n) is 4.53. The molecule has 0 saturated heterocycles. The van der Waals surface area contributed by atoms with Gasteiger partial charge in [-0.3, -0.25) is 14.6 Å². The Morgan fingerprint density at radius 2 is 1.97 bits per heavy atom. The Bertz CT molecular complexity index is 1360. The van der Waals surface area contributed by atoms with Gasteiger partial charge < -0.3 is 15.5 Å². The molecule has 33 heavy (non-hydrogen) atoms. The van der Waals surface area contributed by atoms with Crippen molar-refractivity contribution in [1.82, 2.24) is 4.98 Å². The Morgan fingerprint density at radius 3 is 2.70 bits per heavy atom. The molecule has 0 bridgehead atoms. The number of carbonyl (C=O) groups is 2. The number of nitrogens with one attached hydrogen (secondary N) is 1. The van der Waals surface area contributed by atoms with Crippen molar-refractivity contribution in [2.24, 2.45) is 10.1 Å². The number of nitrogens with zero attached hydrogens (tertiary/aromatic N) is 2. The lowest BCUT2D eigenvalue weighted by Crippen LogP contribution is -2.12. The van der Waals surface area contributed by atoms with Gasteiger partial charge in [0.2, 0.25) is 0 Å². The van der Waals surface area contributed by atoms with Crippen molar-refractivity contribution in [3.63, 3.8) is 0 Å². The minimum Gasteiger partial charge on any atom is -0.459 e. The Kier molecular flexibility index (Phi) is 7.77. The SMILES string of the molecule is Cc1ccoc1C(=O)Nc1cccc(C#Cc2cncc(C(=O)N=[S@](C)(=O)CCCN)c2)c1. The van der Waals surface area contributed by atoms with Crippen LogP contribution in [0, 0.1) is 18.8 Å². The van der Waals surface area contributed by atoms with Crippen LogP contribution in [0.2, 0.25) is 0 Å². The van der Waals surface area contributed by atoms with Crippen LogP contribution in [-0.4, -0.2) is 39.6 Å². The summed E-state index contributed by atoms with van der Waals surface area (Å²) in [5, 5.41) is 2.78. The van der Waals surface area contributed by atoms with Crippen LogP contribution < -0.4 is 11.1 Å². The van der Waals surface area contributed by atoms with Gasteiger partial charge in [0.1, 0.15) is 0 Å². The minimum absolute atomic E-state index is 0.207. The molecule has 2 aromatic heterocycles. The second-order valence-electron chi connectivity index (χ2n) is 7.38. The van der Waals surface area contributed by atoms with Crippen LogP contribution in [0.1, 0.15) is 44.0 Å². The van der Waals surface area contributed by atoms with Gasteiger partial charge in [-0.2, -0.15) is 4.36 Å². The summed E-state index contributed by atoms with van der Waals surface area (Å²) < 4.78 is 21.4. The molecule has 0 saturated carbocycles. The average molecular weight is 465 g/mol. The second-order valence-corrected chi connectivity index (χ2v) is 9.89. The number of furan rings is 1. The van der Waals surface area contributed by atoms with E-state index >= 15 is 0 Å². The third-order valence-corrected chi connectivity index (χ3v) is 6.13. The van der Waals surface area contributed by atoms with E-state index < -0.39 is 15.6 Å². The predicted molar refractivity (Wildman–Crippen MR) is 127 cm³/mol. The number of nitrogens with two attached hydrogens (primary N) is 1. The number of aromatic nitrogens is 1. The Hall–Kier alpha value is -3.74. The molecule has 0 spiro atoms. The topological polar surface area (TPSA) is 128 Å². The van der Waals surface area contributed by atoms with Gasteiger partial charge in [-0.25, -0.2) is 4.21 Å². The zero-order valence-corrected chi connectivity index (χ0v) is 19.1. The van der Waals surface area contributed by atoms with Gasteiger partial charge in [0.25, 0.3) is 11.8 Å². The molecule has 3 rings (SSSR count). The minimum atomic E-state index is -2.65. The highest BCUT2D eigenvalue weighted by Crippen LogP contribution is 2.15. The van der Waals surface area contributed by atoms with Crippen LogP contribution in [0.25, 0.3) is 0 Å². The largest absolute Gasteiger partial charge is 0.459 e. The first-order chi connectivity index (χ1) is 15.8. The zero-order chi connectivity index (χ0) is 23.8. The number of hydrogen-bond acceptors (Lipinski definition) is 6. The van der Waals surface area contributed by atoms with Crippen LogP contribution >= 0.6 is 0 Å². The molecule has 1 atom stereocenters. The average Bonchev–Trinajstić information content (AvgIpc) is 3.22. The van der Waals surface area contributed by atoms with E-state index in [4.69, 9.17) is 10.2 Å². The number of aryl methyl sites for hydroxylation is 1. The highest BCUT2D eigenvalue weighted by Gasteiger charge is 2.13. The van der Waals surface area contributed by atoms with E-state index in [1.54, 1.807) is 43.3 Å². The summed E-state index contributed by atoms with van der Waals surface area (Å²) in [6, 6.07) is 10.3. The predicted octanol–water partition coefficient (Wildman–Crippen LogP) is 3.22. The van der Waals surface area contributed by atoms with Crippen LogP contribution in [0.4, 0.5) is 5.69 Å². The first-order valence-corrected chi connectivity index (χ1v) is 12.2. The second kappa shape index (κ2) is 10.7. The van der Waals surface area contributed by atoms with Crippen LogP contribution in [0.15, 0.2) is 63.8 Å². The number of anilines is 1. The Morgan fingerprint density at radius 1 is 1.18 bits per heavy atom. The molecular formula is C24H24N4O4S. The quantitative estimate of drug-likeness (QED) is 0.539. The molecule has 0 aliphatic heterocycles. The number of benzene rings is 1. The van der Waals surface area contributed by atoms with Crippen molar-refractivity contribution >= 4 is 27.2 Å². The van der Waals surface area contributed by atoms with Gasteiger partial charge in [0.05, 0.1) is 21.6 Å². The van der Waals surface area contributed by atoms with E-state index in [9.17, 15) is 13.8 Å². The van der Waals surface area contributed by atoms with E-state index in [0.717, 1.165) is 5.56 Å². The molecule has 0 radical (unpaired) electrons. The molecule has 0 aliphatic rings. The highest BCUT2D eigenvalue weighted by atomic mass is 32.2. The van der Waals surface area contributed by atoms with Crippen molar-refractivity contribution in [2.45, 2.75) is 13.3 Å². The van der Waals surface area contributed by atoms with Crippen molar-refractivity contribution < 1.29 is 18.2 Å². The van der Waals surface area contributed by atoms with Crippen molar-refractivity contribution in [2.75, 3.05) is 23.9 Å². The Labute approximate surface area is 192 Å². The molecule has 1 aromatic carbocycles. The molecule has 2 amide bonds. The lowest BCUT2D eigenvalue weighted by molar-refractivity contribution is 0.0991. The molecule has 3 aromatic rings. The summed E-state index contributed by atoms with van der Waals surface area (Å²) in [6.45, 7) is 2.17. The van der Waals surface area contributed by atoms with E-state index in [2.05, 4.69) is 26.5 Å². The summed E-state index contributed by atoms with van der Waals surface area (Å²) in [6.07, 6.45) is 6.31. The molecule has 8 nitrogen and oxygen atoms in total. The summed E-state index contributed by atoms with van der Waals surface area (Å²) in [5.74, 6) is 5.49. The van der Waals surface area contributed by atoms with E-state index in [0.29, 0.717) is 29.8 Å². The zero-order valence-electron chi connectivity index (χ0n) is 18.3. The maximum Gasteiger partial charge on any atom is 0.291 e. The van der Waals surface area contributed by atoms with Gasteiger partial charge in [-0.15, -0.1) is 0 Å². The molecule has 3 N–H and O–H groups in total. The van der Waals surface area contributed by atoms with Crippen LogP contribution in [-0.2, 0) is 9.73 Å². The number of rotatable bonds is 6. The smallest absolute Gasteiger partial charge is 0.291 e. The van der Waals surface area contributed by atoms with Gasteiger partial charge in [0.15, 0.2) is 5.76 Å². The van der Waals surface area contributed by atoms with Crippen molar-refractivity contribution in [3.05, 3.63) is 83.1 Å².